The van der Waals surface area contributed by atoms with Crippen LogP contribution in [0.2, 0.25) is 0 Å². The van der Waals surface area contributed by atoms with Crippen LogP contribution in [0.4, 0.5) is 11.4 Å². The van der Waals surface area contributed by atoms with Crippen LogP contribution >= 0.6 is 12.4 Å². The van der Waals surface area contributed by atoms with Gasteiger partial charge in [-0.15, -0.1) is 12.4 Å². The van der Waals surface area contributed by atoms with Crippen LogP contribution in [0, 0.1) is 0 Å². The molecule has 1 fully saturated rings. The molecule has 7 nitrogen and oxygen atoms in total. The first-order chi connectivity index (χ1) is 14.0. The number of fused-ring (bicyclic) bond motifs is 1. The van der Waals surface area contributed by atoms with Gasteiger partial charge < -0.3 is 15.8 Å². The molecule has 0 atom stereocenters. The molecule has 2 aromatic rings. The number of nitrogen functional groups attached to an aromatic ring is 1. The minimum Gasteiger partial charge on any atom is -0.495 e. The summed E-state index contributed by atoms with van der Waals surface area (Å²) in [4.78, 5) is 39.7. The highest BCUT2D eigenvalue weighted by atomic mass is 35.5. The van der Waals surface area contributed by atoms with E-state index in [1.807, 2.05) is 0 Å². The van der Waals surface area contributed by atoms with Crippen molar-refractivity contribution < 1.29 is 19.1 Å². The topological polar surface area (TPSA) is 102 Å². The SMILES string of the molecule is COc1ccc(NC(=O)c2ccc3c(c2)C(=O)N(C2CCCCC2)C3=O)cc1N.Cl. The summed E-state index contributed by atoms with van der Waals surface area (Å²) in [5, 5.41) is 2.76. The molecule has 1 aliphatic carbocycles. The lowest BCUT2D eigenvalue weighted by molar-refractivity contribution is 0.0549. The van der Waals surface area contributed by atoms with Crippen LogP contribution in [0.15, 0.2) is 36.4 Å². The molecule has 0 spiro atoms. The number of amides is 3. The van der Waals surface area contributed by atoms with E-state index in [1.54, 1.807) is 30.3 Å². The van der Waals surface area contributed by atoms with Gasteiger partial charge in [-0.25, -0.2) is 0 Å². The second-order valence-corrected chi connectivity index (χ2v) is 7.44. The lowest BCUT2D eigenvalue weighted by Gasteiger charge is -2.29. The molecule has 30 heavy (non-hydrogen) atoms. The third-order valence-electron chi connectivity index (χ3n) is 5.61. The fourth-order valence-electron chi connectivity index (χ4n) is 4.09. The Morgan fingerprint density at radius 2 is 1.73 bits per heavy atom. The van der Waals surface area contributed by atoms with Gasteiger partial charge in [0, 0.05) is 17.3 Å². The molecule has 4 rings (SSSR count). The highest BCUT2D eigenvalue weighted by Gasteiger charge is 2.40. The van der Waals surface area contributed by atoms with Gasteiger partial charge in [-0.05, 0) is 49.2 Å². The monoisotopic (exact) mass is 429 g/mol. The number of hydrogen-bond donors (Lipinski definition) is 2. The minimum atomic E-state index is -0.381. The summed E-state index contributed by atoms with van der Waals surface area (Å²) in [5.74, 6) is -0.423. The zero-order valence-corrected chi connectivity index (χ0v) is 17.5. The number of hydrogen-bond acceptors (Lipinski definition) is 5. The van der Waals surface area contributed by atoms with Crippen molar-refractivity contribution in [2.45, 2.75) is 38.1 Å². The summed E-state index contributed by atoms with van der Waals surface area (Å²) in [5.41, 5.74) is 7.77. The number of methoxy groups -OCH3 is 1. The molecule has 1 heterocycles. The zero-order valence-electron chi connectivity index (χ0n) is 16.6. The third-order valence-corrected chi connectivity index (χ3v) is 5.61. The number of benzene rings is 2. The predicted molar refractivity (Wildman–Crippen MR) is 116 cm³/mol. The average molecular weight is 430 g/mol. The van der Waals surface area contributed by atoms with Crippen molar-refractivity contribution in [3.8, 4) is 5.75 Å². The number of ether oxygens (including phenoxy) is 1. The number of halogens is 1. The molecule has 2 aromatic carbocycles. The van der Waals surface area contributed by atoms with Crippen LogP contribution in [0.3, 0.4) is 0 Å². The minimum absolute atomic E-state index is 0. The number of nitrogens with zero attached hydrogens (tertiary/aromatic N) is 1. The maximum atomic E-state index is 12.9. The molecule has 3 N–H and O–H groups in total. The Bertz CT molecular complexity index is 1000. The van der Waals surface area contributed by atoms with Gasteiger partial charge in [0.1, 0.15) is 5.75 Å². The number of nitrogens with two attached hydrogens (primary N) is 1. The van der Waals surface area contributed by atoms with Gasteiger partial charge in [0.05, 0.1) is 23.9 Å². The van der Waals surface area contributed by atoms with Gasteiger partial charge in [0.25, 0.3) is 17.7 Å². The molecule has 0 bridgehead atoms. The number of anilines is 2. The Labute approximate surface area is 181 Å². The third kappa shape index (κ3) is 3.85. The Morgan fingerprint density at radius 3 is 2.40 bits per heavy atom. The maximum Gasteiger partial charge on any atom is 0.261 e. The fourth-order valence-corrected chi connectivity index (χ4v) is 4.09. The Morgan fingerprint density at radius 1 is 1.03 bits per heavy atom. The largest absolute Gasteiger partial charge is 0.495 e. The molecule has 1 saturated carbocycles. The van der Waals surface area contributed by atoms with E-state index in [2.05, 4.69) is 5.32 Å². The number of carbonyl (C=O) groups excluding carboxylic acids is 3. The number of carbonyl (C=O) groups is 3. The van der Waals surface area contributed by atoms with Gasteiger partial charge in [0.2, 0.25) is 0 Å². The van der Waals surface area contributed by atoms with E-state index in [0.29, 0.717) is 33.8 Å². The van der Waals surface area contributed by atoms with E-state index in [1.165, 1.54) is 18.1 Å². The van der Waals surface area contributed by atoms with E-state index in [4.69, 9.17) is 10.5 Å². The molecule has 0 saturated heterocycles. The first-order valence-corrected chi connectivity index (χ1v) is 9.76. The Kier molecular flexibility index (Phi) is 6.31. The summed E-state index contributed by atoms with van der Waals surface area (Å²) >= 11 is 0. The van der Waals surface area contributed by atoms with Crippen LogP contribution in [0.5, 0.6) is 5.75 Å². The highest BCUT2D eigenvalue weighted by molar-refractivity contribution is 6.22. The summed E-state index contributed by atoms with van der Waals surface area (Å²) in [6.07, 6.45) is 4.88. The summed E-state index contributed by atoms with van der Waals surface area (Å²) in [6, 6.07) is 9.53. The number of nitrogens with one attached hydrogen (secondary N) is 1. The molecule has 8 heteroatoms. The van der Waals surface area contributed by atoms with Crippen molar-refractivity contribution in [3.63, 3.8) is 0 Å². The molecule has 1 aliphatic heterocycles. The van der Waals surface area contributed by atoms with Gasteiger partial charge >= 0.3 is 0 Å². The Balaban J connectivity index is 0.00000256. The molecule has 0 aromatic heterocycles. The van der Waals surface area contributed by atoms with E-state index >= 15 is 0 Å². The lowest BCUT2D eigenvalue weighted by atomic mass is 9.94. The van der Waals surface area contributed by atoms with Crippen LogP contribution in [0.1, 0.15) is 63.2 Å². The molecule has 0 radical (unpaired) electrons. The van der Waals surface area contributed by atoms with Crippen molar-refractivity contribution >= 4 is 41.5 Å². The van der Waals surface area contributed by atoms with Crippen LogP contribution in [0.25, 0.3) is 0 Å². The summed E-state index contributed by atoms with van der Waals surface area (Å²) < 4.78 is 5.11. The fraction of sp³-hybridized carbons (Fsp3) is 0.318. The number of rotatable bonds is 4. The molecule has 2 aliphatic rings. The van der Waals surface area contributed by atoms with E-state index in [9.17, 15) is 14.4 Å². The quantitative estimate of drug-likeness (QED) is 0.567. The summed E-state index contributed by atoms with van der Waals surface area (Å²) in [6.45, 7) is 0. The maximum absolute atomic E-state index is 12.9. The van der Waals surface area contributed by atoms with Crippen molar-refractivity contribution in [2.75, 3.05) is 18.2 Å². The van der Waals surface area contributed by atoms with Gasteiger partial charge in [-0.1, -0.05) is 19.3 Å². The second kappa shape index (κ2) is 8.75. The summed E-state index contributed by atoms with van der Waals surface area (Å²) in [7, 11) is 1.52. The Hall–Kier alpha value is -3.06. The molecular formula is C22H24ClN3O4. The first-order valence-electron chi connectivity index (χ1n) is 9.76. The zero-order chi connectivity index (χ0) is 20.5. The second-order valence-electron chi connectivity index (χ2n) is 7.44. The molecular weight excluding hydrogens is 406 g/mol. The molecule has 0 unspecified atom stereocenters. The van der Waals surface area contributed by atoms with E-state index in [-0.39, 0.29) is 36.2 Å². The smallest absolute Gasteiger partial charge is 0.261 e. The molecule has 3 amide bonds. The van der Waals surface area contributed by atoms with E-state index < -0.39 is 0 Å². The van der Waals surface area contributed by atoms with Crippen LogP contribution < -0.4 is 15.8 Å². The van der Waals surface area contributed by atoms with E-state index in [0.717, 1.165) is 32.1 Å². The average Bonchev–Trinajstić information content (AvgIpc) is 2.98. The first kappa shape index (κ1) is 21.6. The van der Waals surface area contributed by atoms with Crippen molar-refractivity contribution in [2.24, 2.45) is 0 Å². The molecule has 158 valence electrons. The number of imide groups is 1. The van der Waals surface area contributed by atoms with Crippen molar-refractivity contribution in [3.05, 3.63) is 53.1 Å². The lowest BCUT2D eigenvalue weighted by Crippen LogP contribution is -2.40. The van der Waals surface area contributed by atoms with Crippen LogP contribution in [-0.2, 0) is 0 Å². The normalized spacial score (nSPS) is 16.1. The van der Waals surface area contributed by atoms with Crippen molar-refractivity contribution in [1.82, 2.24) is 4.90 Å². The van der Waals surface area contributed by atoms with Gasteiger partial charge in [0.15, 0.2) is 0 Å². The van der Waals surface area contributed by atoms with Crippen LogP contribution in [-0.4, -0.2) is 35.8 Å². The van der Waals surface area contributed by atoms with Crippen molar-refractivity contribution in [1.29, 1.82) is 0 Å². The predicted octanol–water partition coefficient (Wildman–Crippen LogP) is 3.88. The highest BCUT2D eigenvalue weighted by Crippen LogP contribution is 2.32. The van der Waals surface area contributed by atoms with Gasteiger partial charge in [-0.2, -0.15) is 0 Å². The van der Waals surface area contributed by atoms with Gasteiger partial charge in [-0.3, -0.25) is 19.3 Å². The standard InChI is InChI=1S/C22H23N3O4.ClH/c1-29-19-10-8-14(12-18(19)23)24-20(26)13-7-9-16-17(11-13)22(28)25(21(16)27)15-5-3-2-4-6-15;/h7-12,15H,2-6,23H2,1H3,(H,24,26);1H.